The van der Waals surface area contributed by atoms with Crippen molar-refractivity contribution in [2.45, 2.75) is 0 Å². The summed E-state index contributed by atoms with van der Waals surface area (Å²) >= 11 is 0. The number of imidazole rings is 1. The minimum Gasteiger partial charge on any atom is -0.335 e. The molecule has 2 amide bonds. The number of fused-ring (bicyclic) bond motifs is 1. The van der Waals surface area contributed by atoms with Crippen molar-refractivity contribution < 1.29 is 9.18 Å². The van der Waals surface area contributed by atoms with E-state index in [-0.39, 0.29) is 11.8 Å². The zero-order valence-corrected chi connectivity index (χ0v) is 20.0. The number of H-pyrrole nitrogens is 2. The lowest BCUT2D eigenvalue weighted by Crippen LogP contribution is -2.27. The average molecular weight is 496 g/mol. The van der Waals surface area contributed by atoms with Gasteiger partial charge in [-0.25, -0.2) is 19.2 Å². The Morgan fingerprint density at radius 1 is 0.919 bits per heavy atom. The summed E-state index contributed by atoms with van der Waals surface area (Å²) in [4.78, 5) is 34.2. The molecule has 0 radical (unpaired) electrons. The third-order valence-corrected chi connectivity index (χ3v) is 5.45. The van der Waals surface area contributed by atoms with Gasteiger partial charge in [0.2, 0.25) is 0 Å². The lowest BCUT2D eigenvalue weighted by atomic mass is 10.1. The van der Waals surface area contributed by atoms with Crippen molar-refractivity contribution in [3.05, 3.63) is 85.6 Å². The molecule has 0 spiro atoms. The van der Waals surface area contributed by atoms with Crippen LogP contribution in [0.5, 0.6) is 0 Å². The summed E-state index contributed by atoms with van der Waals surface area (Å²) in [5.74, 6) is 0.153. The van der Waals surface area contributed by atoms with E-state index in [1.165, 1.54) is 23.4 Å². The van der Waals surface area contributed by atoms with Gasteiger partial charge in [0.1, 0.15) is 17.8 Å². The van der Waals surface area contributed by atoms with Crippen LogP contribution in [0.15, 0.2) is 79.8 Å². The van der Waals surface area contributed by atoms with Crippen LogP contribution in [-0.4, -0.2) is 60.1 Å². The number of nitrogens with zero attached hydrogens (tertiary/aromatic N) is 6. The van der Waals surface area contributed by atoms with Gasteiger partial charge in [-0.1, -0.05) is 18.2 Å². The van der Waals surface area contributed by atoms with E-state index >= 15 is 0 Å². The first kappa shape index (κ1) is 23.5. The molecule has 0 bridgehead atoms. The second kappa shape index (κ2) is 10.2. The molecule has 4 aromatic heterocycles. The molecule has 5 rings (SSSR count). The number of rotatable bonds is 4. The van der Waals surface area contributed by atoms with Crippen LogP contribution in [-0.2, 0) is 0 Å². The number of amides is 2. The molecule has 184 valence electrons. The lowest BCUT2D eigenvalue weighted by molar-refractivity contribution is 0.230. The first-order valence-electron chi connectivity index (χ1n) is 11.2. The van der Waals surface area contributed by atoms with Gasteiger partial charge in [0.15, 0.2) is 5.82 Å². The van der Waals surface area contributed by atoms with Gasteiger partial charge in [-0.15, -0.1) is 0 Å². The van der Waals surface area contributed by atoms with Gasteiger partial charge in [-0.05, 0) is 29.8 Å². The number of pyridine rings is 2. The normalized spacial score (nSPS) is 10.7. The molecule has 37 heavy (non-hydrogen) atoms. The van der Waals surface area contributed by atoms with E-state index in [2.05, 4.69) is 35.5 Å². The zero-order valence-electron chi connectivity index (χ0n) is 20.0. The van der Waals surface area contributed by atoms with E-state index in [1.807, 2.05) is 12.1 Å². The van der Waals surface area contributed by atoms with Crippen LogP contribution in [0.3, 0.4) is 0 Å². The molecule has 0 fully saturated rings. The summed E-state index contributed by atoms with van der Waals surface area (Å²) in [6.45, 7) is 0. The fraction of sp³-hybridized carbons (Fsp3) is 0.0769. The number of aromatic nitrogens is 7. The second-order valence-corrected chi connectivity index (χ2v) is 8.29. The van der Waals surface area contributed by atoms with Crippen LogP contribution in [0.2, 0.25) is 0 Å². The quantitative estimate of drug-likeness (QED) is 0.328. The Kier molecular flexibility index (Phi) is 6.49. The highest BCUT2D eigenvalue weighted by molar-refractivity contribution is 5.92. The molecule has 10 nitrogen and oxygen atoms in total. The zero-order chi connectivity index (χ0) is 25.8. The third-order valence-electron chi connectivity index (χ3n) is 5.45. The number of benzene rings is 1. The fourth-order valence-electron chi connectivity index (χ4n) is 3.62. The van der Waals surface area contributed by atoms with Crippen molar-refractivity contribution >= 4 is 22.8 Å². The molecule has 11 heteroatoms. The highest BCUT2D eigenvalue weighted by atomic mass is 19.1. The molecule has 1 aromatic carbocycles. The van der Waals surface area contributed by atoms with Crippen molar-refractivity contribution in [1.82, 2.24) is 40.0 Å². The first-order chi connectivity index (χ1) is 18.0. The van der Waals surface area contributed by atoms with E-state index in [0.29, 0.717) is 39.4 Å². The topological polar surface area (TPSA) is 128 Å². The third kappa shape index (κ3) is 5.25. The Morgan fingerprint density at radius 2 is 1.76 bits per heavy atom. The van der Waals surface area contributed by atoms with E-state index in [9.17, 15) is 9.18 Å². The predicted octanol–water partition coefficient (Wildman–Crippen LogP) is 4.83. The number of halogens is 1. The lowest BCUT2D eigenvalue weighted by Gasteiger charge is -2.12. The van der Waals surface area contributed by atoms with E-state index in [4.69, 9.17) is 4.98 Å². The Hall–Kier alpha value is -5.19. The summed E-state index contributed by atoms with van der Waals surface area (Å²) in [6, 6.07) is 11.5. The largest absolute Gasteiger partial charge is 0.335 e. The SMILES string of the molecule is CN(C)C(=O)Nc1cncc(-c2ccc(-c3nc4c(-c5cccc(F)c5)cncc4[nH]3)n[nH]cnc2)c1. The minimum atomic E-state index is -0.337. The Bertz CT molecular complexity index is 1640. The molecule has 4 heterocycles. The number of anilines is 1. The minimum absolute atomic E-state index is 0.258. The van der Waals surface area contributed by atoms with Crippen molar-refractivity contribution in [2.24, 2.45) is 0 Å². The summed E-state index contributed by atoms with van der Waals surface area (Å²) in [6.07, 6.45) is 9.66. The highest BCUT2D eigenvalue weighted by Gasteiger charge is 2.12. The molecule has 0 saturated heterocycles. The monoisotopic (exact) mass is 495 g/mol. The molecule has 0 aliphatic carbocycles. The molecule has 0 aliphatic rings. The van der Waals surface area contributed by atoms with Crippen LogP contribution >= 0.6 is 0 Å². The molecule has 3 N–H and O–H groups in total. The van der Waals surface area contributed by atoms with E-state index in [1.54, 1.807) is 63.3 Å². The smallest absolute Gasteiger partial charge is 0.321 e. The highest BCUT2D eigenvalue weighted by Crippen LogP contribution is 2.29. The molecular formula is C26H22FN9O. The molecule has 0 unspecified atom stereocenters. The number of hydrogen-bond donors (Lipinski definition) is 3. The number of nitrogens with one attached hydrogen (secondary N) is 3. The van der Waals surface area contributed by atoms with Crippen molar-refractivity contribution in [3.63, 3.8) is 0 Å². The number of urea groups is 1. The number of carbonyl (C=O) groups excluding carboxylic acids is 1. The van der Waals surface area contributed by atoms with Crippen molar-refractivity contribution in [3.8, 4) is 33.8 Å². The Balaban J connectivity index is 1.55. The average Bonchev–Trinajstić information content (AvgIpc) is 3.37. The number of hydrogen-bond acceptors (Lipinski definition) is 6. The van der Waals surface area contributed by atoms with Gasteiger partial charge in [0.05, 0.1) is 29.1 Å². The van der Waals surface area contributed by atoms with E-state index < -0.39 is 0 Å². The van der Waals surface area contributed by atoms with Gasteiger partial charge in [0.25, 0.3) is 0 Å². The maximum atomic E-state index is 13.8. The molecular weight excluding hydrogens is 473 g/mol. The van der Waals surface area contributed by atoms with Gasteiger partial charge in [0, 0.05) is 49.4 Å². The summed E-state index contributed by atoms with van der Waals surface area (Å²) in [7, 11) is 3.32. The number of aromatic amines is 2. The summed E-state index contributed by atoms with van der Waals surface area (Å²) < 4.78 is 13.8. The van der Waals surface area contributed by atoms with Crippen molar-refractivity contribution in [1.29, 1.82) is 0 Å². The summed E-state index contributed by atoms with van der Waals surface area (Å²) in [5.41, 5.74) is 5.24. The van der Waals surface area contributed by atoms with Crippen LogP contribution in [0, 0.1) is 5.82 Å². The summed E-state index contributed by atoms with van der Waals surface area (Å²) in [5, 5.41) is 9.95. The van der Waals surface area contributed by atoms with Crippen LogP contribution in [0.4, 0.5) is 14.9 Å². The van der Waals surface area contributed by atoms with Crippen LogP contribution in [0.1, 0.15) is 0 Å². The maximum Gasteiger partial charge on any atom is 0.321 e. The van der Waals surface area contributed by atoms with Gasteiger partial charge in [-0.2, -0.15) is 5.10 Å². The van der Waals surface area contributed by atoms with Gasteiger partial charge < -0.3 is 15.2 Å². The Morgan fingerprint density at radius 3 is 2.59 bits per heavy atom. The first-order valence-corrected chi connectivity index (χ1v) is 11.2. The van der Waals surface area contributed by atoms with E-state index in [0.717, 1.165) is 11.1 Å². The molecule has 0 saturated carbocycles. The fourth-order valence-corrected chi connectivity index (χ4v) is 3.62. The molecule has 0 atom stereocenters. The van der Waals surface area contributed by atoms with Gasteiger partial charge in [-0.3, -0.25) is 15.1 Å². The maximum absolute atomic E-state index is 13.8. The van der Waals surface area contributed by atoms with Gasteiger partial charge >= 0.3 is 6.03 Å². The second-order valence-electron chi connectivity index (χ2n) is 8.29. The molecule has 0 aliphatic heterocycles. The van der Waals surface area contributed by atoms with Crippen LogP contribution < -0.4 is 5.32 Å². The predicted molar refractivity (Wildman–Crippen MR) is 138 cm³/mol. The molecule has 5 aromatic rings. The van der Waals surface area contributed by atoms with Crippen LogP contribution in [0.25, 0.3) is 44.8 Å². The van der Waals surface area contributed by atoms with Crippen molar-refractivity contribution in [2.75, 3.05) is 19.4 Å². The number of carbonyl (C=O) groups is 1. The standard InChI is InChI=1S/C26H22FN9O/c1-36(2)26(37)32-20-9-18(11-28-12-20)17-6-7-22(35-31-15-30-10-17)25-33-23-14-29-13-21(24(23)34-25)16-4-3-5-19(27)8-16/h3-15H,1-2H3,(H,30,31)(H,32,37)(H,33,34). The Labute approximate surface area is 211 Å².